The van der Waals surface area contributed by atoms with Crippen molar-refractivity contribution in [2.45, 2.75) is 19.4 Å². The SMILES string of the molecule is CCOc1ccc(C(=O)NC[C@H](c2ccc3c(c2)CCN3C)N2CCN(C)CC2)cc1. The van der Waals surface area contributed by atoms with Gasteiger partial charge in [-0.25, -0.2) is 0 Å². The number of benzene rings is 2. The van der Waals surface area contributed by atoms with E-state index >= 15 is 0 Å². The van der Waals surface area contributed by atoms with E-state index in [9.17, 15) is 4.79 Å². The number of fused-ring (bicyclic) bond motifs is 1. The molecule has 2 aromatic carbocycles. The number of hydrogen-bond acceptors (Lipinski definition) is 5. The first-order valence-corrected chi connectivity index (χ1v) is 11.3. The maximum Gasteiger partial charge on any atom is 0.251 e. The minimum absolute atomic E-state index is 0.0388. The fourth-order valence-corrected chi connectivity index (χ4v) is 4.55. The monoisotopic (exact) mass is 422 g/mol. The van der Waals surface area contributed by atoms with Crippen molar-refractivity contribution in [1.82, 2.24) is 15.1 Å². The second-order valence-electron chi connectivity index (χ2n) is 8.58. The molecule has 0 unspecified atom stereocenters. The lowest BCUT2D eigenvalue weighted by molar-refractivity contribution is 0.0886. The van der Waals surface area contributed by atoms with Gasteiger partial charge in [0.1, 0.15) is 5.75 Å². The molecule has 6 nitrogen and oxygen atoms in total. The zero-order valence-electron chi connectivity index (χ0n) is 18.9. The van der Waals surface area contributed by atoms with Gasteiger partial charge >= 0.3 is 0 Å². The first kappa shape index (κ1) is 21.7. The van der Waals surface area contributed by atoms with Crippen LogP contribution in [0, 0.1) is 0 Å². The molecule has 2 aliphatic heterocycles. The molecule has 0 aliphatic carbocycles. The summed E-state index contributed by atoms with van der Waals surface area (Å²) in [5.74, 6) is 0.751. The molecule has 1 fully saturated rings. The normalized spacial score (nSPS) is 18.0. The van der Waals surface area contributed by atoms with E-state index in [1.807, 2.05) is 31.2 Å². The molecule has 6 heteroatoms. The summed E-state index contributed by atoms with van der Waals surface area (Å²) in [4.78, 5) is 20.0. The van der Waals surface area contributed by atoms with Crippen LogP contribution in [0.5, 0.6) is 5.75 Å². The lowest BCUT2D eigenvalue weighted by Crippen LogP contribution is -2.48. The predicted molar refractivity (Wildman–Crippen MR) is 125 cm³/mol. The van der Waals surface area contributed by atoms with Gasteiger partial charge in [-0.1, -0.05) is 12.1 Å². The van der Waals surface area contributed by atoms with Crippen LogP contribution in [0.2, 0.25) is 0 Å². The van der Waals surface area contributed by atoms with E-state index in [-0.39, 0.29) is 11.9 Å². The van der Waals surface area contributed by atoms with Gasteiger partial charge < -0.3 is 19.9 Å². The summed E-state index contributed by atoms with van der Waals surface area (Å²) in [5.41, 5.74) is 4.71. The molecule has 0 spiro atoms. The Kier molecular flexibility index (Phi) is 6.78. The number of carbonyl (C=O) groups excluding carboxylic acids is 1. The van der Waals surface area contributed by atoms with Gasteiger partial charge in [0.05, 0.1) is 12.6 Å². The number of hydrogen-bond donors (Lipinski definition) is 1. The van der Waals surface area contributed by atoms with Gasteiger partial charge in [0.15, 0.2) is 0 Å². The lowest BCUT2D eigenvalue weighted by atomic mass is 10.00. The summed E-state index contributed by atoms with van der Waals surface area (Å²) in [7, 11) is 4.33. The Labute approximate surface area is 185 Å². The van der Waals surface area contributed by atoms with Crippen LogP contribution < -0.4 is 15.0 Å². The van der Waals surface area contributed by atoms with Gasteiger partial charge in [-0.3, -0.25) is 9.69 Å². The first-order valence-electron chi connectivity index (χ1n) is 11.3. The molecule has 4 rings (SSSR count). The second kappa shape index (κ2) is 9.71. The molecule has 1 saturated heterocycles. The van der Waals surface area contributed by atoms with E-state index in [1.165, 1.54) is 16.8 Å². The van der Waals surface area contributed by atoms with Crippen LogP contribution in [-0.4, -0.2) is 75.7 Å². The zero-order valence-corrected chi connectivity index (χ0v) is 18.9. The van der Waals surface area contributed by atoms with Gasteiger partial charge in [-0.05, 0) is 61.9 Å². The van der Waals surface area contributed by atoms with Crippen molar-refractivity contribution in [3.8, 4) is 5.75 Å². The quantitative estimate of drug-likeness (QED) is 0.744. The fourth-order valence-electron chi connectivity index (χ4n) is 4.55. The molecule has 0 aromatic heterocycles. The Bertz CT molecular complexity index is 891. The van der Waals surface area contributed by atoms with E-state index in [2.05, 4.69) is 52.3 Å². The fraction of sp³-hybridized carbons (Fsp3) is 0.480. The first-order chi connectivity index (χ1) is 15.0. The Morgan fingerprint density at radius 2 is 1.77 bits per heavy atom. The summed E-state index contributed by atoms with van der Waals surface area (Å²) in [5, 5.41) is 3.19. The molecule has 2 aliphatic rings. The molecule has 0 saturated carbocycles. The standard InChI is InChI=1S/C25H34N4O2/c1-4-31-22-8-5-19(6-9-22)25(30)26-18-24(29-15-13-27(2)14-16-29)20-7-10-23-21(17-20)11-12-28(23)3/h5-10,17,24H,4,11-16,18H2,1-3H3,(H,26,30)/t24-/m1/s1. The third-order valence-corrected chi connectivity index (χ3v) is 6.48. The van der Waals surface area contributed by atoms with Crippen LogP contribution in [-0.2, 0) is 6.42 Å². The number of anilines is 1. The van der Waals surface area contributed by atoms with Gasteiger partial charge in [0, 0.05) is 57.6 Å². The van der Waals surface area contributed by atoms with Crippen LogP contribution in [0.3, 0.4) is 0 Å². The highest BCUT2D eigenvalue weighted by atomic mass is 16.5. The minimum Gasteiger partial charge on any atom is -0.494 e. The highest BCUT2D eigenvalue weighted by Crippen LogP contribution is 2.31. The number of amides is 1. The Morgan fingerprint density at radius 3 is 2.48 bits per heavy atom. The molecular formula is C25H34N4O2. The van der Waals surface area contributed by atoms with Crippen molar-refractivity contribution in [1.29, 1.82) is 0 Å². The predicted octanol–water partition coefficient (Wildman–Crippen LogP) is 2.80. The smallest absolute Gasteiger partial charge is 0.251 e. The Balaban J connectivity index is 1.49. The highest BCUT2D eigenvalue weighted by Gasteiger charge is 2.26. The number of piperazine rings is 1. The molecule has 166 valence electrons. The van der Waals surface area contributed by atoms with E-state index in [0.29, 0.717) is 18.7 Å². The number of nitrogens with one attached hydrogen (secondary N) is 1. The number of rotatable bonds is 7. The van der Waals surface area contributed by atoms with Crippen LogP contribution >= 0.6 is 0 Å². The number of carbonyl (C=O) groups is 1. The topological polar surface area (TPSA) is 48.1 Å². The van der Waals surface area contributed by atoms with Crippen molar-refractivity contribution >= 4 is 11.6 Å². The van der Waals surface area contributed by atoms with Gasteiger partial charge in [0.2, 0.25) is 0 Å². The van der Waals surface area contributed by atoms with Crippen molar-refractivity contribution in [2.75, 3.05) is 64.9 Å². The number of likely N-dealkylation sites (N-methyl/N-ethyl adjacent to an activating group) is 2. The van der Waals surface area contributed by atoms with E-state index in [0.717, 1.165) is 44.9 Å². The molecule has 31 heavy (non-hydrogen) atoms. The molecular weight excluding hydrogens is 388 g/mol. The van der Waals surface area contributed by atoms with Crippen molar-refractivity contribution in [2.24, 2.45) is 0 Å². The summed E-state index contributed by atoms with van der Waals surface area (Å²) >= 11 is 0. The molecule has 1 N–H and O–H groups in total. The largest absolute Gasteiger partial charge is 0.494 e. The van der Waals surface area contributed by atoms with E-state index in [1.54, 1.807) is 0 Å². The molecule has 2 aromatic rings. The highest BCUT2D eigenvalue weighted by molar-refractivity contribution is 5.94. The minimum atomic E-state index is -0.0388. The van der Waals surface area contributed by atoms with Gasteiger partial charge in [-0.2, -0.15) is 0 Å². The molecule has 0 radical (unpaired) electrons. The van der Waals surface area contributed by atoms with Crippen LogP contribution in [0.25, 0.3) is 0 Å². The van der Waals surface area contributed by atoms with Crippen LogP contribution in [0.4, 0.5) is 5.69 Å². The van der Waals surface area contributed by atoms with E-state index in [4.69, 9.17) is 4.74 Å². The molecule has 0 bridgehead atoms. The summed E-state index contributed by atoms with van der Waals surface area (Å²) in [6.45, 7) is 8.38. The third-order valence-electron chi connectivity index (χ3n) is 6.48. The molecule has 2 heterocycles. The maximum absolute atomic E-state index is 12.8. The van der Waals surface area contributed by atoms with Gasteiger partial charge in [-0.15, -0.1) is 0 Å². The van der Waals surface area contributed by atoms with Crippen molar-refractivity contribution < 1.29 is 9.53 Å². The summed E-state index contributed by atoms with van der Waals surface area (Å²) in [6.07, 6.45) is 1.09. The van der Waals surface area contributed by atoms with Crippen LogP contribution in [0.1, 0.15) is 34.5 Å². The Morgan fingerprint density at radius 1 is 1.03 bits per heavy atom. The number of ether oxygens (including phenoxy) is 1. The van der Waals surface area contributed by atoms with Crippen LogP contribution in [0.15, 0.2) is 42.5 Å². The van der Waals surface area contributed by atoms with Crippen molar-refractivity contribution in [3.05, 3.63) is 59.2 Å². The second-order valence-corrected chi connectivity index (χ2v) is 8.58. The van der Waals surface area contributed by atoms with E-state index < -0.39 is 0 Å². The third kappa shape index (κ3) is 5.02. The summed E-state index contributed by atoms with van der Waals surface area (Å²) in [6, 6.07) is 14.4. The molecule has 1 atom stereocenters. The lowest BCUT2D eigenvalue weighted by Gasteiger charge is -2.38. The zero-order chi connectivity index (χ0) is 21.8. The molecule has 1 amide bonds. The average molecular weight is 423 g/mol. The summed E-state index contributed by atoms with van der Waals surface area (Å²) < 4.78 is 5.48. The maximum atomic E-state index is 12.8. The Hall–Kier alpha value is -2.57. The van der Waals surface area contributed by atoms with Crippen molar-refractivity contribution in [3.63, 3.8) is 0 Å². The average Bonchev–Trinajstić information content (AvgIpc) is 3.16. The van der Waals surface area contributed by atoms with Gasteiger partial charge in [0.25, 0.3) is 5.91 Å². The number of nitrogens with zero attached hydrogens (tertiary/aromatic N) is 3.